The molecule has 7 heteroatoms. The van der Waals surface area contributed by atoms with Crippen molar-refractivity contribution >= 4 is 46.0 Å². The highest BCUT2D eigenvalue weighted by atomic mass is 35.5. The molecule has 7 rings (SSSR count). The van der Waals surface area contributed by atoms with Gasteiger partial charge in [0.1, 0.15) is 17.2 Å². The Bertz CT molecular complexity index is 1800. The molecule has 0 saturated carbocycles. The van der Waals surface area contributed by atoms with Crippen molar-refractivity contribution < 1.29 is 19.1 Å². The summed E-state index contributed by atoms with van der Waals surface area (Å²) in [5.74, 6) is -1.25. The zero-order valence-electron chi connectivity index (χ0n) is 23.0. The molecule has 208 valence electrons. The summed E-state index contributed by atoms with van der Waals surface area (Å²) in [6, 6.07) is 27.3. The fourth-order valence-electron chi connectivity index (χ4n) is 7.11. The maximum absolute atomic E-state index is 14.8. The topological polar surface area (TPSA) is 75.7 Å². The number of methoxy groups -OCH3 is 1. The lowest BCUT2D eigenvalue weighted by molar-refractivity contribution is -0.121. The van der Waals surface area contributed by atoms with Crippen molar-refractivity contribution in [2.75, 3.05) is 17.3 Å². The molecule has 0 aromatic heterocycles. The average Bonchev–Trinajstić information content (AvgIpc) is 3.49. The molecule has 3 heterocycles. The fourth-order valence-corrected chi connectivity index (χ4v) is 7.23. The number of nitrogens with one attached hydrogen (secondary N) is 1. The molecule has 0 aliphatic carbocycles. The van der Waals surface area contributed by atoms with Crippen LogP contribution in [0.2, 0.25) is 5.02 Å². The number of hydrogen-bond donors (Lipinski definition) is 1. The molecule has 1 spiro atoms. The van der Waals surface area contributed by atoms with Gasteiger partial charge in [0, 0.05) is 33.1 Å². The van der Waals surface area contributed by atoms with Crippen LogP contribution in [-0.2, 0) is 10.2 Å². The third kappa shape index (κ3) is 3.61. The van der Waals surface area contributed by atoms with Crippen molar-refractivity contribution in [3.63, 3.8) is 0 Å². The van der Waals surface area contributed by atoms with E-state index >= 15 is 0 Å². The summed E-state index contributed by atoms with van der Waals surface area (Å²) < 4.78 is 5.33. The molecular formula is C35H27ClN2O4. The summed E-state index contributed by atoms with van der Waals surface area (Å²) in [6.45, 7) is 2.01. The van der Waals surface area contributed by atoms with Crippen LogP contribution in [-0.4, -0.2) is 36.7 Å². The Morgan fingerprint density at radius 2 is 1.50 bits per heavy atom. The van der Waals surface area contributed by atoms with Gasteiger partial charge in [-0.2, -0.15) is 0 Å². The molecule has 4 aromatic rings. The molecule has 4 atom stereocenters. The van der Waals surface area contributed by atoms with Crippen LogP contribution in [0.1, 0.15) is 38.8 Å². The number of Topliss-reactive ketones (excluding diaryl/α,β-unsaturated/α-hetero) is 2. The van der Waals surface area contributed by atoms with Crippen LogP contribution in [0.5, 0.6) is 5.75 Å². The van der Waals surface area contributed by atoms with Gasteiger partial charge in [-0.1, -0.05) is 54.1 Å². The van der Waals surface area contributed by atoms with Crippen molar-refractivity contribution in [1.82, 2.24) is 0 Å². The lowest BCUT2D eigenvalue weighted by Gasteiger charge is -2.39. The first kappa shape index (κ1) is 26.2. The molecule has 0 radical (unpaired) electrons. The number of hydrogen-bond acceptors (Lipinski definition) is 5. The number of fused-ring (bicyclic) bond motifs is 6. The van der Waals surface area contributed by atoms with E-state index in [0.717, 1.165) is 16.8 Å². The van der Waals surface area contributed by atoms with E-state index in [1.807, 2.05) is 66.4 Å². The molecule has 3 aliphatic heterocycles. The van der Waals surface area contributed by atoms with E-state index in [0.29, 0.717) is 33.1 Å². The third-order valence-electron chi connectivity index (χ3n) is 8.94. The predicted molar refractivity (Wildman–Crippen MR) is 163 cm³/mol. The minimum Gasteiger partial charge on any atom is -0.497 e. The van der Waals surface area contributed by atoms with E-state index in [-0.39, 0.29) is 17.5 Å². The molecule has 6 nitrogen and oxygen atoms in total. The van der Waals surface area contributed by atoms with Gasteiger partial charge in [0.15, 0.2) is 11.6 Å². The molecule has 3 aliphatic rings. The van der Waals surface area contributed by atoms with Gasteiger partial charge in [-0.3, -0.25) is 14.4 Å². The van der Waals surface area contributed by atoms with Crippen LogP contribution in [0.3, 0.4) is 0 Å². The van der Waals surface area contributed by atoms with Gasteiger partial charge in [0.2, 0.25) is 5.91 Å². The van der Waals surface area contributed by atoms with Crippen LogP contribution in [0.25, 0.3) is 5.57 Å². The van der Waals surface area contributed by atoms with Crippen LogP contribution >= 0.6 is 11.6 Å². The molecule has 1 saturated heterocycles. The average molecular weight is 575 g/mol. The summed E-state index contributed by atoms with van der Waals surface area (Å²) in [5, 5.41) is 3.56. The minimum absolute atomic E-state index is 0.244. The number of ether oxygens (including phenoxy) is 1. The maximum atomic E-state index is 14.8. The Kier molecular flexibility index (Phi) is 6.06. The number of ketones is 2. The van der Waals surface area contributed by atoms with E-state index in [1.165, 1.54) is 0 Å². The molecule has 0 unspecified atom stereocenters. The third-order valence-corrected chi connectivity index (χ3v) is 9.19. The Morgan fingerprint density at radius 3 is 2.24 bits per heavy atom. The Hall–Kier alpha value is -4.68. The van der Waals surface area contributed by atoms with Gasteiger partial charge in [-0.25, -0.2) is 0 Å². The predicted octanol–water partition coefficient (Wildman–Crippen LogP) is 6.59. The first-order chi connectivity index (χ1) is 20.4. The van der Waals surface area contributed by atoms with E-state index in [2.05, 4.69) is 5.32 Å². The van der Waals surface area contributed by atoms with Gasteiger partial charge in [0.25, 0.3) is 0 Å². The number of nitrogens with zero attached hydrogens (tertiary/aromatic N) is 1. The van der Waals surface area contributed by atoms with E-state index in [4.69, 9.17) is 16.3 Å². The molecule has 1 N–H and O–H groups in total. The van der Waals surface area contributed by atoms with Gasteiger partial charge in [-0.05, 0) is 78.7 Å². The first-order valence-corrected chi connectivity index (χ1v) is 14.2. The van der Waals surface area contributed by atoms with E-state index < -0.39 is 23.4 Å². The second-order valence-corrected chi connectivity index (χ2v) is 11.4. The standard InChI is InChI=1S/C35H27ClN2O4/c1-20-19-29-35(26-8-4-5-9-27(26)37-34(35)41)30(32(39)21-11-15-23(36)16-12-21)31(38(29)28-10-6-3-7-25(20)28)33(40)22-13-17-24(42-2)18-14-22/h3-19,29-31H,1-2H3,(H,37,41)/t29-,30+,31-,35-/m1/s1. The number of carbonyl (C=O) groups is 3. The second kappa shape index (κ2) is 9.71. The van der Waals surface area contributed by atoms with Gasteiger partial charge < -0.3 is 15.0 Å². The number of benzene rings is 4. The van der Waals surface area contributed by atoms with Crippen LogP contribution < -0.4 is 15.0 Å². The number of carbonyl (C=O) groups excluding carboxylic acids is 3. The number of anilines is 2. The van der Waals surface area contributed by atoms with Crippen molar-refractivity contribution in [2.24, 2.45) is 5.92 Å². The first-order valence-electron chi connectivity index (χ1n) is 13.8. The number of amides is 1. The van der Waals surface area contributed by atoms with Gasteiger partial charge in [0.05, 0.1) is 19.1 Å². The largest absolute Gasteiger partial charge is 0.497 e. The summed E-state index contributed by atoms with van der Waals surface area (Å²) in [4.78, 5) is 46.0. The number of halogens is 1. The Morgan fingerprint density at radius 1 is 0.857 bits per heavy atom. The lowest BCUT2D eigenvalue weighted by Crippen LogP contribution is -2.51. The summed E-state index contributed by atoms with van der Waals surface area (Å²) in [6.07, 6.45) is 2.05. The van der Waals surface area contributed by atoms with Gasteiger partial charge in [-0.15, -0.1) is 0 Å². The van der Waals surface area contributed by atoms with Crippen molar-refractivity contribution in [1.29, 1.82) is 0 Å². The quantitative estimate of drug-likeness (QED) is 0.272. The Labute approximate surface area is 248 Å². The highest BCUT2D eigenvalue weighted by Crippen LogP contribution is 2.58. The van der Waals surface area contributed by atoms with Crippen LogP contribution in [0, 0.1) is 5.92 Å². The molecule has 0 bridgehead atoms. The number of allylic oxidation sites excluding steroid dienone is 1. The number of rotatable bonds is 5. The normalized spacial score (nSPS) is 23.5. The fraction of sp³-hybridized carbons (Fsp3) is 0.171. The maximum Gasteiger partial charge on any atom is 0.238 e. The molecule has 1 amide bonds. The zero-order chi connectivity index (χ0) is 29.2. The van der Waals surface area contributed by atoms with Crippen LogP contribution in [0.15, 0.2) is 103 Å². The van der Waals surface area contributed by atoms with Crippen molar-refractivity contribution in [2.45, 2.75) is 24.4 Å². The van der Waals surface area contributed by atoms with Crippen LogP contribution in [0.4, 0.5) is 11.4 Å². The summed E-state index contributed by atoms with van der Waals surface area (Å²) in [5.41, 5.74) is 3.58. The minimum atomic E-state index is -1.37. The molecule has 4 aromatic carbocycles. The Balaban J connectivity index is 1.53. The summed E-state index contributed by atoms with van der Waals surface area (Å²) in [7, 11) is 1.57. The molecule has 1 fully saturated rings. The molecular weight excluding hydrogens is 548 g/mol. The summed E-state index contributed by atoms with van der Waals surface area (Å²) >= 11 is 6.19. The molecule has 42 heavy (non-hydrogen) atoms. The zero-order valence-corrected chi connectivity index (χ0v) is 23.8. The lowest BCUT2D eigenvalue weighted by atomic mass is 9.64. The van der Waals surface area contributed by atoms with E-state index in [1.54, 1.807) is 55.6 Å². The van der Waals surface area contributed by atoms with Crippen molar-refractivity contribution in [3.05, 3.63) is 130 Å². The number of para-hydroxylation sites is 2. The SMILES string of the molecule is COc1ccc(C(=O)[C@H]2[C@@H](C(=O)c3ccc(Cl)cc3)[C@]3(C(=O)Nc4ccccc43)[C@H]3C=C(C)c4ccccc4N23)cc1. The van der Waals surface area contributed by atoms with E-state index in [9.17, 15) is 14.4 Å². The van der Waals surface area contributed by atoms with Crippen molar-refractivity contribution in [3.8, 4) is 5.75 Å². The highest BCUT2D eigenvalue weighted by molar-refractivity contribution is 6.30. The monoisotopic (exact) mass is 574 g/mol. The van der Waals surface area contributed by atoms with Gasteiger partial charge >= 0.3 is 0 Å². The highest BCUT2D eigenvalue weighted by Gasteiger charge is 2.70. The smallest absolute Gasteiger partial charge is 0.238 e. The second-order valence-electron chi connectivity index (χ2n) is 11.0.